The van der Waals surface area contributed by atoms with Gasteiger partial charge in [-0.3, -0.25) is 0 Å². The summed E-state index contributed by atoms with van der Waals surface area (Å²) in [5.41, 5.74) is 0. The maximum atomic E-state index is 11.0. The van der Waals surface area contributed by atoms with Crippen molar-refractivity contribution in [3.8, 4) is 0 Å². The van der Waals surface area contributed by atoms with Gasteiger partial charge in [-0.25, -0.2) is 8.42 Å². The van der Waals surface area contributed by atoms with Gasteiger partial charge < -0.3 is 5.32 Å². The second kappa shape index (κ2) is 6.40. The van der Waals surface area contributed by atoms with Crippen LogP contribution in [-0.4, -0.2) is 33.0 Å². The fourth-order valence-corrected chi connectivity index (χ4v) is 2.00. The first kappa shape index (κ1) is 13.9. The van der Waals surface area contributed by atoms with Gasteiger partial charge in [0.1, 0.15) is 9.84 Å². The summed E-state index contributed by atoms with van der Waals surface area (Å²) in [5.74, 6) is 0.790. The minimum atomic E-state index is -2.80. The Morgan fingerprint density at radius 2 is 1.86 bits per heavy atom. The van der Waals surface area contributed by atoms with E-state index in [1.807, 2.05) is 0 Å². The molecule has 0 saturated heterocycles. The van der Waals surface area contributed by atoms with Gasteiger partial charge in [0, 0.05) is 12.3 Å². The number of hydrogen-bond donors (Lipinski definition) is 1. The second-order valence-electron chi connectivity index (χ2n) is 4.26. The van der Waals surface area contributed by atoms with E-state index in [2.05, 4.69) is 26.1 Å². The molecule has 0 aliphatic heterocycles. The van der Waals surface area contributed by atoms with Crippen LogP contribution in [-0.2, 0) is 9.84 Å². The molecule has 3 nitrogen and oxygen atoms in total. The zero-order valence-corrected chi connectivity index (χ0v) is 10.5. The van der Waals surface area contributed by atoms with Crippen molar-refractivity contribution < 1.29 is 8.42 Å². The maximum absolute atomic E-state index is 11.0. The Balaban J connectivity index is 3.80. The summed E-state index contributed by atoms with van der Waals surface area (Å²) in [7, 11) is -2.80. The van der Waals surface area contributed by atoms with Crippen molar-refractivity contribution in [3.05, 3.63) is 0 Å². The molecule has 1 atom stereocenters. The molecule has 0 heterocycles. The highest BCUT2D eigenvalue weighted by Gasteiger charge is 2.10. The first-order valence-electron chi connectivity index (χ1n) is 5.26. The first-order valence-corrected chi connectivity index (χ1v) is 7.32. The minimum Gasteiger partial charge on any atom is -0.314 e. The fraction of sp³-hybridized carbons (Fsp3) is 1.00. The van der Waals surface area contributed by atoms with E-state index in [4.69, 9.17) is 0 Å². The van der Waals surface area contributed by atoms with Crippen molar-refractivity contribution in [1.82, 2.24) is 5.32 Å². The molecule has 4 heteroatoms. The molecule has 0 aliphatic rings. The van der Waals surface area contributed by atoms with Crippen LogP contribution in [0.25, 0.3) is 0 Å². The molecule has 0 spiro atoms. The molecule has 0 aromatic carbocycles. The molecule has 0 aromatic rings. The van der Waals surface area contributed by atoms with Gasteiger partial charge in [-0.15, -0.1) is 0 Å². The average molecular weight is 221 g/mol. The molecular formula is C10H23NO2S. The van der Waals surface area contributed by atoms with E-state index >= 15 is 0 Å². The van der Waals surface area contributed by atoms with Gasteiger partial charge in [-0.1, -0.05) is 27.2 Å². The minimum absolute atomic E-state index is 0.311. The van der Waals surface area contributed by atoms with Gasteiger partial charge in [0.25, 0.3) is 0 Å². The zero-order valence-electron chi connectivity index (χ0n) is 9.71. The summed E-state index contributed by atoms with van der Waals surface area (Å²) in [5, 5.41) is 3.34. The SMILES string of the molecule is CCC(CCS(C)(=O)=O)CNC(C)C. The molecule has 0 amide bonds. The predicted molar refractivity (Wildman–Crippen MR) is 61.2 cm³/mol. The van der Waals surface area contributed by atoms with Crippen LogP contribution in [0.3, 0.4) is 0 Å². The standard InChI is InChI=1S/C10H23NO2S/c1-5-10(8-11-9(2)3)6-7-14(4,12)13/h9-11H,5-8H2,1-4H3. The normalized spacial score (nSPS) is 14.6. The molecule has 1 N–H and O–H groups in total. The highest BCUT2D eigenvalue weighted by Crippen LogP contribution is 2.08. The lowest BCUT2D eigenvalue weighted by Crippen LogP contribution is -2.29. The monoisotopic (exact) mass is 221 g/mol. The van der Waals surface area contributed by atoms with Crippen molar-refractivity contribution in [2.45, 2.75) is 39.7 Å². The van der Waals surface area contributed by atoms with Crippen LogP contribution in [0.5, 0.6) is 0 Å². The fourth-order valence-electron chi connectivity index (χ4n) is 1.23. The summed E-state index contributed by atoms with van der Waals surface area (Å²) in [4.78, 5) is 0. The van der Waals surface area contributed by atoms with Crippen LogP contribution in [0.15, 0.2) is 0 Å². The maximum Gasteiger partial charge on any atom is 0.147 e. The largest absolute Gasteiger partial charge is 0.314 e. The number of rotatable bonds is 7. The Hall–Kier alpha value is -0.0900. The predicted octanol–water partition coefficient (Wildman–Crippen LogP) is 1.45. The number of hydrogen-bond acceptors (Lipinski definition) is 3. The third-order valence-corrected chi connectivity index (χ3v) is 3.27. The van der Waals surface area contributed by atoms with Crippen molar-refractivity contribution >= 4 is 9.84 Å². The molecule has 0 rings (SSSR count). The summed E-state index contributed by atoms with van der Waals surface area (Å²) in [6.45, 7) is 7.23. The van der Waals surface area contributed by atoms with E-state index < -0.39 is 9.84 Å². The molecule has 0 saturated carbocycles. The molecular weight excluding hydrogens is 198 g/mol. The van der Waals surface area contributed by atoms with Crippen molar-refractivity contribution in [1.29, 1.82) is 0 Å². The number of sulfone groups is 1. The Morgan fingerprint density at radius 3 is 2.21 bits per heavy atom. The van der Waals surface area contributed by atoms with Gasteiger partial charge in [0.15, 0.2) is 0 Å². The van der Waals surface area contributed by atoms with Crippen LogP contribution in [0.2, 0.25) is 0 Å². The van der Waals surface area contributed by atoms with Gasteiger partial charge >= 0.3 is 0 Å². The third kappa shape index (κ3) is 8.51. The first-order chi connectivity index (χ1) is 6.35. The summed E-state index contributed by atoms with van der Waals surface area (Å²) in [6.07, 6.45) is 3.11. The molecule has 0 aliphatic carbocycles. The van der Waals surface area contributed by atoms with E-state index in [1.54, 1.807) is 0 Å². The lowest BCUT2D eigenvalue weighted by Gasteiger charge is -2.16. The number of nitrogens with one attached hydrogen (secondary N) is 1. The Labute approximate surface area is 88.2 Å². The molecule has 0 radical (unpaired) electrons. The smallest absolute Gasteiger partial charge is 0.147 e. The van der Waals surface area contributed by atoms with Crippen molar-refractivity contribution in [2.75, 3.05) is 18.6 Å². The van der Waals surface area contributed by atoms with Crippen LogP contribution >= 0.6 is 0 Å². The summed E-state index contributed by atoms with van der Waals surface area (Å²) in [6, 6.07) is 0.474. The van der Waals surface area contributed by atoms with Gasteiger partial charge in [0.2, 0.25) is 0 Å². The van der Waals surface area contributed by atoms with E-state index in [0.29, 0.717) is 17.7 Å². The van der Waals surface area contributed by atoms with Gasteiger partial charge in [-0.2, -0.15) is 0 Å². The highest BCUT2D eigenvalue weighted by molar-refractivity contribution is 7.90. The lowest BCUT2D eigenvalue weighted by atomic mass is 10.0. The van der Waals surface area contributed by atoms with Crippen LogP contribution in [0.1, 0.15) is 33.6 Å². The molecule has 1 unspecified atom stereocenters. The van der Waals surface area contributed by atoms with Crippen molar-refractivity contribution in [3.63, 3.8) is 0 Å². The van der Waals surface area contributed by atoms with E-state index in [-0.39, 0.29) is 0 Å². The Morgan fingerprint density at radius 1 is 1.29 bits per heavy atom. The Bertz CT molecular complexity index is 235. The summed E-state index contributed by atoms with van der Waals surface area (Å²) < 4.78 is 21.9. The topological polar surface area (TPSA) is 46.2 Å². The Kier molecular flexibility index (Phi) is 6.36. The van der Waals surface area contributed by atoms with E-state index in [0.717, 1.165) is 19.4 Å². The van der Waals surface area contributed by atoms with Gasteiger partial charge in [0.05, 0.1) is 5.75 Å². The molecule has 0 fully saturated rings. The van der Waals surface area contributed by atoms with E-state index in [1.165, 1.54) is 6.26 Å². The molecule has 0 bridgehead atoms. The second-order valence-corrected chi connectivity index (χ2v) is 6.52. The molecule has 0 aromatic heterocycles. The van der Waals surface area contributed by atoms with Crippen LogP contribution in [0, 0.1) is 5.92 Å². The lowest BCUT2D eigenvalue weighted by molar-refractivity contribution is 0.427. The van der Waals surface area contributed by atoms with Crippen LogP contribution < -0.4 is 5.32 Å². The third-order valence-electron chi connectivity index (χ3n) is 2.29. The molecule has 86 valence electrons. The zero-order chi connectivity index (χ0) is 11.2. The van der Waals surface area contributed by atoms with Gasteiger partial charge in [-0.05, 0) is 18.9 Å². The average Bonchev–Trinajstić information content (AvgIpc) is 2.02. The summed E-state index contributed by atoms with van der Waals surface area (Å²) >= 11 is 0. The quantitative estimate of drug-likeness (QED) is 0.707. The van der Waals surface area contributed by atoms with E-state index in [9.17, 15) is 8.42 Å². The highest BCUT2D eigenvalue weighted by atomic mass is 32.2. The van der Waals surface area contributed by atoms with Crippen LogP contribution in [0.4, 0.5) is 0 Å². The molecule has 14 heavy (non-hydrogen) atoms. The van der Waals surface area contributed by atoms with Crippen molar-refractivity contribution in [2.24, 2.45) is 5.92 Å².